The van der Waals surface area contributed by atoms with E-state index in [1.54, 1.807) is 4.68 Å². The van der Waals surface area contributed by atoms with Gasteiger partial charge in [0.05, 0.1) is 0 Å². The molecule has 1 N–H and O–H groups in total. The van der Waals surface area contributed by atoms with Crippen molar-refractivity contribution in [2.75, 3.05) is 11.9 Å². The monoisotopic (exact) mass is 164 g/mol. The van der Waals surface area contributed by atoms with Crippen LogP contribution in [0.4, 0.5) is 5.82 Å². The summed E-state index contributed by atoms with van der Waals surface area (Å²) < 4.78 is 1.78. The number of aliphatic imine (C=N–C) groups is 1. The van der Waals surface area contributed by atoms with E-state index in [1.165, 1.54) is 0 Å². The molecule has 2 heterocycles. The van der Waals surface area contributed by atoms with Crippen LogP contribution in [0.15, 0.2) is 17.3 Å². The molecule has 0 spiro atoms. The molecule has 1 aliphatic rings. The van der Waals surface area contributed by atoms with Crippen LogP contribution in [0.5, 0.6) is 0 Å². The molecular weight excluding hydrogens is 152 g/mol. The third-order valence-corrected chi connectivity index (χ3v) is 1.86. The highest BCUT2D eigenvalue weighted by molar-refractivity contribution is 5.95. The van der Waals surface area contributed by atoms with Gasteiger partial charge in [0.1, 0.15) is 5.84 Å². The molecule has 0 atom stereocenters. The lowest BCUT2D eigenvalue weighted by molar-refractivity contribution is 0.771. The largest absolute Gasteiger partial charge is 0.327 e. The molecule has 1 aromatic heterocycles. The number of hydrogen-bond donors (Lipinski definition) is 1. The number of nitrogens with one attached hydrogen (secondary N) is 1. The summed E-state index contributed by atoms with van der Waals surface area (Å²) in [5.74, 6) is 1.95. The van der Waals surface area contributed by atoms with Crippen molar-refractivity contribution in [3.05, 3.63) is 12.3 Å². The molecule has 0 saturated carbocycles. The van der Waals surface area contributed by atoms with Crippen molar-refractivity contribution in [1.29, 1.82) is 0 Å². The predicted molar refractivity (Wildman–Crippen MR) is 48.4 cm³/mol. The lowest BCUT2D eigenvalue weighted by Gasteiger charge is -1.99. The van der Waals surface area contributed by atoms with Crippen molar-refractivity contribution >= 4 is 11.7 Å². The van der Waals surface area contributed by atoms with Crippen LogP contribution in [0.25, 0.3) is 0 Å². The molecule has 0 aliphatic carbocycles. The summed E-state index contributed by atoms with van der Waals surface area (Å²) in [7, 11) is 1.90. The van der Waals surface area contributed by atoms with Crippen molar-refractivity contribution in [2.24, 2.45) is 12.0 Å². The van der Waals surface area contributed by atoms with Gasteiger partial charge in [0.15, 0.2) is 5.82 Å². The maximum Gasteiger partial charge on any atom is 0.153 e. The van der Waals surface area contributed by atoms with Gasteiger partial charge in [-0.3, -0.25) is 9.67 Å². The molecule has 4 heteroatoms. The van der Waals surface area contributed by atoms with E-state index in [2.05, 4.69) is 15.4 Å². The minimum absolute atomic E-state index is 0.887. The zero-order chi connectivity index (χ0) is 8.39. The first-order valence-electron chi connectivity index (χ1n) is 4.14. The lowest BCUT2D eigenvalue weighted by Crippen LogP contribution is -2.08. The van der Waals surface area contributed by atoms with E-state index in [1.807, 2.05) is 19.3 Å². The molecule has 1 aromatic rings. The third kappa shape index (κ3) is 1.47. The Kier molecular flexibility index (Phi) is 1.81. The molecule has 0 unspecified atom stereocenters. The third-order valence-electron chi connectivity index (χ3n) is 1.86. The second-order valence-corrected chi connectivity index (χ2v) is 2.93. The van der Waals surface area contributed by atoms with Gasteiger partial charge >= 0.3 is 0 Å². The van der Waals surface area contributed by atoms with Gasteiger partial charge in [-0.1, -0.05) is 0 Å². The van der Waals surface area contributed by atoms with Gasteiger partial charge in [0, 0.05) is 32.3 Å². The molecule has 1 aliphatic heterocycles. The molecule has 0 saturated heterocycles. The van der Waals surface area contributed by atoms with Gasteiger partial charge in [0.2, 0.25) is 0 Å². The maximum atomic E-state index is 4.30. The highest BCUT2D eigenvalue weighted by Gasteiger charge is 2.06. The molecular formula is C8H12N4. The van der Waals surface area contributed by atoms with E-state index in [0.717, 1.165) is 31.0 Å². The molecule has 64 valence electrons. The summed E-state index contributed by atoms with van der Waals surface area (Å²) >= 11 is 0. The fourth-order valence-electron chi connectivity index (χ4n) is 1.27. The van der Waals surface area contributed by atoms with Crippen LogP contribution in [0.2, 0.25) is 0 Å². The Morgan fingerprint density at radius 1 is 1.58 bits per heavy atom. The minimum atomic E-state index is 0.887. The number of amidine groups is 1. The highest BCUT2D eigenvalue weighted by Crippen LogP contribution is 2.07. The first-order chi connectivity index (χ1) is 5.84. The Labute approximate surface area is 71.3 Å². The van der Waals surface area contributed by atoms with Crippen molar-refractivity contribution in [2.45, 2.75) is 12.8 Å². The Hall–Kier alpha value is -1.32. The van der Waals surface area contributed by atoms with Gasteiger partial charge in [-0.05, 0) is 6.42 Å². The SMILES string of the molecule is Cn1ccc(NC2=NCCC2)n1. The summed E-state index contributed by atoms with van der Waals surface area (Å²) in [5, 5.41) is 7.38. The molecule has 2 rings (SSSR count). The van der Waals surface area contributed by atoms with Crippen molar-refractivity contribution < 1.29 is 0 Å². The minimum Gasteiger partial charge on any atom is -0.327 e. The van der Waals surface area contributed by atoms with Gasteiger partial charge in [-0.25, -0.2) is 0 Å². The first kappa shape index (κ1) is 7.34. The van der Waals surface area contributed by atoms with E-state index in [4.69, 9.17) is 0 Å². The number of hydrogen-bond acceptors (Lipinski definition) is 3. The second kappa shape index (κ2) is 2.97. The maximum absolute atomic E-state index is 4.30. The zero-order valence-electron chi connectivity index (χ0n) is 7.12. The number of nitrogens with zero attached hydrogens (tertiary/aromatic N) is 3. The van der Waals surface area contributed by atoms with Crippen LogP contribution in [0, 0.1) is 0 Å². The standard InChI is InChI=1S/C8H12N4/c1-12-6-4-8(11-12)10-7-3-2-5-9-7/h4,6H,2-3,5H2,1H3,(H,9,10,11). The van der Waals surface area contributed by atoms with Crippen LogP contribution in [0.1, 0.15) is 12.8 Å². The summed E-state index contributed by atoms with van der Waals surface area (Å²) in [6, 6.07) is 1.95. The Balaban J connectivity index is 2.03. The molecule has 12 heavy (non-hydrogen) atoms. The summed E-state index contributed by atoms with van der Waals surface area (Å²) in [6.07, 6.45) is 4.13. The van der Waals surface area contributed by atoms with E-state index >= 15 is 0 Å². The van der Waals surface area contributed by atoms with Crippen LogP contribution >= 0.6 is 0 Å². The first-order valence-corrected chi connectivity index (χ1v) is 4.14. The zero-order valence-corrected chi connectivity index (χ0v) is 7.12. The number of aromatic nitrogens is 2. The molecule has 4 nitrogen and oxygen atoms in total. The van der Waals surface area contributed by atoms with E-state index in [9.17, 15) is 0 Å². The molecule has 0 bridgehead atoms. The van der Waals surface area contributed by atoms with Crippen LogP contribution in [-0.2, 0) is 7.05 Å². The molecule has 0 amide bonds. The Morgan fingerprint density at radius 2 is 2.50 bits per heavy atom. The van der Waals surface area contributed by atoms with E-state index in [0.29, 0.717) is 0 Å². The average molecular weight is 164 g/mol. The quantitative estimate of drug-likeness (QED) is 0.673. The van der Waals surface area contributed by atoms with E-state index < -0.39 is 0 Å². The van der Waals surface area contributed by atoms with Crippen molar-refractivity contribution in [1.82, 2.24) is 9.78 Å². The fraction of sp³-hybridized carbons (Fsp3) is 0.500. The van der Waals surface area contributed by atoms with Crippen LogP contribution in [-0.4, -0.2) is 22.2 Å². The van der Waals surface area contributed by atoms with Crippen LogP contribution in [0.3, 0.4) is 0 Å². The summed E-state index contributed by atoms with van der Waals surface area (Å²) in [6.45, 7) is 0.954. The number of anilines is 1. The molecule has 0 radical (unpaired) electrons. The topological polar surface area (TPSA) is 42.2 Å². The van der Waals surface area contributed by atoms with Gasteiger partial charge in [-0.2, -0.15) is 5.10 Å². The lowest BCUT2D eigenvalue weighted by atomic mass is 10.3. The van der Waals surface area contributed by atoms with Crippen molar-refractivity contribution in [3.63, 3.8) is 0 Å². The Morgan fingerprint density at radius 3 is 3.08 bits per heavy atom. The normalized spacial score (nSPS) is 16.2. The highest BCUT2D eigenvalue weighted by atomic mass is 15.3. The smallest absolute Gasteiger partial charge is 0.153 e. The number of aryl methyl sites for hydroxylation is 1. The van der Waals surface area contributed by atoms with Crippen molar-refractivity contribution in [3.8, 4) is 0 Å². The van der Waals surface area contributed by atoms with Crippen LogP contribution < -0.4 is 5.32 Å². The fourth-order valence-corrected chi connectivity index (χ4v) is 1.27. The Bertz CT molecular complexity index is 300. The molecule has 0 fully saturated rings. The summed E-state index contributed by atoms with van der Waals surface area (Å²) in [5.41, 5.74) is 0. The summed E-state index contributed by atoms with van der Waals surface area (Å²) in [4.78, 5) is 4.30. The van der Waals surface area contributed by atoms with Gasteiger partial charge in [-0.15, -0.1) is 0 Å². The number of rotatable bonds is 1. The van der Waals surface area contributed by atoms with Gasteiger partial charge < -0.3 is 5.32 Å². The average Bonchev–Trinajstić information content (AvgIpc) is 2.63. The molecule has 0 aromatic carbocycles. The predicted octanol–water partition coefficient (Wildman–Crippen LogP) is 1.02. The van der Waals surface area contributed by atoms with E-state index in [-0.39, 0.29) is 0 Å². The van der Waals surface area contributed by atoms with Gasteiger partial charge in [0.25, 0.3) is 0 Å². The second-order valence-electron chi connectivity index (χ2n) is 2.93.